The summed E-state index contributed by atoms with van der Waals surface area (Å²) in [5.41, 5.74) is 5.44. The summed E-state index contributed by atoms with van der Waals surface area (Å²) in [7, 11) is 0. The van der Waals surface area contributed by atoms with Gasteiger partial charge in [0.25, 0.3) is 0 Å². The summed E-state index contributed by atoms with van der Waals surface area (Å²) in [6.45, 7) is 0. The van der Waals surface area contributed by atoms with Gasteiger partial charge in [-0.15, -0.1) is 11.3 Å². The molecular weight excluding hydrogens is 657 g/mol. The molecule has 3 heterocycles. The lowest BCUT2D eigenvalue weighted by Crippen LogP contribution is -2.01. The second kappa shape index (κ2) is 11.4. The van der Waals surface area contributed by atoms with E-state index < -0.39 is 0 Å². The smallest absolute Gasteiger partial charge is 0.227 e. The molecule has 11 aromatic rings. The topological polar surface area (TPSA) is 64.7 Å². The molecule has 11 rings (SSSR count). The van der Waals surface area contributed by atoms with Crippen molar-refractivity contribution in [2.24, 2.45) is 0 Å². The number of thiophene rings is 1. The molecular formula is C46H26N4OS. The Hall–Kier alpha value is -6.76. The lowest BCUT2D eigenvalue weighted by Gasteiger charge is -2.13. The Kier molecular flexibility index (Phi) is 6.35. The van der Waals surface area contributed by atoms with Crippen LogP contribution in [-0.2, 0) is 0 Å². The lowest BCUT2D eigenvalue weighted by molar-refractivity contribution is 0.620. The predicted octanol–water partition coefficient (Wildman–Crippen LogP) is 12.5. The Morgan fingerprint density at radius 3 is 1.96 bits per heavy atom. The predicted molar refractivity (Wildman–Crippen MR) is 215 cm³/mol. The minimum absolute atomic E-state index is 0.624. The summed E-state index contributed by atoms with van der Waals surface area (Å²) in [6, 6.07) is 54.7. The quantitative estimate of drug-likeness (QED) is 0.173. The van der Waals surface area contributed by atoms with Crippen LogP contribution in [0.1, 0.15) is 0 Å². The molecule has 0 saturated heterocycles. The van der Waals surface area contributed by atoms with Crippen LogP contribution in [0.15, 0.2) is 162 Å². The fraction of sp³-hybridized carbons (Fsp3) is 0. The first kappa shape index (κ1) is 29.0. The van der Waals surface area contributed by atoms with E-state index in [1.165, 1.54) is 16.2 Å². The molecule has 242 valence electrons. The van der Waals surface area contributed by atoms with Gasteiger partial charge in [0.1, 0.15) is 5.52 Å². The molecule has 0 fully saturated rings. The maximum Gasteiger partial charge on any atom is 0.227 e. The van der Waals surface area contributed by atoms with Gasteiger partial charge in [-0.25, -0.2) is 19.9 Å². The first-order valence-corrected chi connectivity index (χ1v) is 18.0. The van der Waals surface area contributed by atoms with Crippen molar-refractivity contribution in [1.82, 2.24) is 19.9 Å². The maximum absolute atomic E-state index is 6.28. The number of rotatable bonds is 4. The van der Waals surface area contributed by atoms with Crippen molar-refractivity contribution >= 4 is 74.9 Å². The van der Waals surface area contributed by atoms with Gasteiger partial charge in [-0.2, -0.15) is 0 Å². The highest BCUT2D eigenvalue weighted by Gasteiger charge is 2.20. The fourth-order valence-corrected chi connectivity index (χ4v) is 8.64. The first-order chi connectivity index (χ1) is 25.7. The molecule has 0 atom stereocenters. The van der Waals surface area contributed by atoms with Crippen molar-refractivity contribution in [1.29, 1.82) is 0 Å². The molecule has 0 aliphatic rings. The zero-order valence-electron chi connectivity index (χ0n) is 27.6. The van der Waals surface area contributed by atoms with E-state index in [9.17, 15) is 0 Å². The summed E-state index contributed by atoms with van der Waals surface area (Å²) < 4.78 is 8.52. The van der Waals surface area contributed by atoms with Crippen molar-refractivity contribution in [3.8, 4) is 45.6 Å². The molecule has 0 spiro atoms. The highest BCUT2D eigenvalue weighted by molar-refractivity contribution is 7.26. The highest BCUT2D eigenvalue weighted by Crippen LogP contribution is 2.42. The van der Waals surface area contributed by atoms with Crippen molar-refractivity contribution < 1.29 is 4.42 Å². The third-order valence-corrected chi connectivity index (χ3v) is 11.1. The SMILES string of the molecule is c1ccc(-c2nc3cc4sc5c(-c6nc(-c7ccc8ccccc8c7)nc(-c7cc8ccccc8c8ccccc78)n6)cccc5c4cc3o2)cc1. The molecule has 0 radical (unpaired) electrons. The zero-order valence-corrected chi connectivity index (χ0v) is 28.4. The second-order valence-corrected chi connectivity index (χ2v) is 14.1. The lowest BCUT2D eigenvalue weighted by atomic mass is 9.97. The Morgan fingerprint density at radius 2 is 1.10 bits per heavy atom. The zero-order chi connectivity index (χ0) is 34.2. The molecule has 0 aliphatic carbocycles. The Bertz CT molecular complexity index is 3200. The minimum Gasteiger partial charge on any atom is -0.436 e. The average molecular weight is 683 g/mol. The molecule has 8 aromatic carbocycles. The molecule has 5 nitrogen and oxygen atoms in total. The van der Waals surface area contributed by atoms with Crippen LogP contribution >= 0.6 is 11.3 Å². The molecule has 6 heteroatoms. The van der Waals surface area contributed by atoms with Gasteiger partial charge in [0.2, 0.25) is 5.89 Å². The van der Waals surface area contributed by atoms with Gasteiger partial charge in [0.15, 0.2) is 23.1 Å². The molecule has 0 amide bonds. The van der Waals surface area contributed by atoms with E-state index in [1.807, 2.05) is 30.3 Å². The molecule has 0 saturated carbocycles. The molecule has 0 bridgehead atoms. The first-order valence-electron chi connectivity index (χ1n) is 17.2. The molecule has 0 unspecified atom stereocenters. The van der Waals surface area contributed by atoms with Gasteiger partial charge >= 0.3 is 0 Å². The summed E-state index contributed by atoms with van der Waals surface area (Å²) in [4.78, 5) is 20.6. The Morgan fingerprint density at radius 1 is 0.404 bits per heavy atom. The number of benzene rings is 8. The van der Waals surface area contributed by atoms with E-state index >= 15 is 0 Å². The number of hydrogen-bond donors (Lipinski definition) is 0. The van der Waals surface area contributed by atoms with E-state index in [0.29, 0.717) is 23.4 Å². The van der Waals surface area contributed by atoms with Crippen molar-refractivity contribution in [2.75, 3.05) is 0 Å². The molecule has 0 N–H and O–H groups in total. The monoisotopic (exact) mass is 682 g/mol. The van der Waals surface area contributed by atoms with Gasteiger partial charge in [0, 0.05) is 42.4 Å². The van der Waals surface area contributed by atoms with Crippen LogP contribution in [0.25, 0.3) is 109 Å². The largest absolute Gasteiger partial charge is 0.436 e. The number of hydrogen-bond acceptors (Lipinski definition) is 6. The van der Waals surface area contributed by atoms with Gasteiger partial charge in [-0.1, -0.05) is 115 Å². The van der Waals surface area contributed by atoms with E-state index in [4.69, 9.17) is 24.4 Å². The summed E-state index contributed by atoms with van der Waals surface area (Å²) in [5.74, 6) is 2.54. The van der Waals surface area contributed by atoms with Gasteiger partial charge < -0.3 is 4.42 Å². The molecule has 3 aromatic heterocycles. The van der Waals surface area contributed by atoms with E-state index in [2.05, 4.69) is 127 Å². The standard InChI is InChI=1S/C46H26N4OS/c1-2-12-28(13-3-1)46-47-39-26-41-37(25-40(39)51-46)35-19-10-20-36(42(35)52-41)44-48-43(31-22-21-27-11-4-5-14-29(27)23-31)49-45(50-44)38-24-30-15-6-7-16-32(30)33-17-8-9-18-34(33)38/h1-26H. The average Bonchev–Trinajstić information content (AvgIpc) is 3.80. The van der Waals surface area contributed by atoms with Crippen LogP contribution in [0, 0.1) is 0 Å². The Balaban J connectivity index is 1.15. The van der Waals surface area contributed by atoms with Gasteiger partial charge in [-0.05, 0) is 74.8 Å². The number of fused-ring (bicyclic) bond motifs is 8. The normalized spacial score (nSPS) is 11.8. The second-order valence-electron chi connectivity index (χ2n) is 13.0. The summed E-state index contributed by atoms with van der Waals surface area (Å²) in [6.07, 6.45) is 0. The number of aromatic nitrogens is 4. The van der Waals surface area contributed by atoms with Crippen LogP contribution in [0.4, 0.5) is 0 Å². The van der Waals surface area contributed by atoms with Gasteiger partial charge in [0.05, 0.1) is 0 Å². The molecule has 52 heavy (non-hydrogen) atoms. The summed E-state index contributed by atoms with van der Waals surface area (Å²) >= 11 is 1.73. The fourth-order valence-electron chi connectivity index (χ4n) is 7.41. The third kappa shape index (κ3) is 4.62. The van der Waals surface area contributed by atoms with E-state index in [-0.39, 0.29) is 0 Å². The minimum atomic E-state index is 0.624. The number of oxazole rings is 1. The highest BCUT2D eigenvalue weighted by atomic mass is 32.1. The van der Waals surface area contributed by atoms with Crippen LogP contribution in [0.3, 0.4) is 0 Å². The Labute approximate surface area is 301 Å². The van der Waals surface area contributed by atoms with Crippen LogP contribution in [0.5, 0.6) is 0 Å². The third-order valence-electron chi connectivity index (χ3n) is 9.92. The molecule has 0 aliphatic heterocycles. The van der Waals surface area contributed by atoms with Crippen LogP contribution in [-0.4, -0.2) is 19.9 Å². The number of nitrogens with zero attached hydrogens (tertiary/aromatic N) is 4. The van der Waals surface area contributed by atoms with Crippen molar-refractivity contribution in [3.05, 3.63) is 158 Å². The van der Waals surface area contributed by atoms with E-state index in [1.54, 1.807) is 11.3 Å². The summed E-state index contributed by atoms with van der Waals surface area (Å²) in [5, 5.41) is 9.18. The van der Waals surface area contributed by atoms with Gasteiger partial charge in [-0.3, -0.25) is 0 Å². The maximum atomic E-state index is 6.28. The van der Waals surface area contributed by atoms with Crippen LogP contribution in [0.2, 0.25) is 0 Å². The van der Waals surface area contributed by atoms with Crippen molar-refractivity contribution in [3.63, 3.8) is 0 Å². The van der Waals surface area contributed by atoms with E-state index in [0.717, 1.165) is 69.7 Å². The van der Waals surface area contributed by atoms with Crippen LogP contribution < -0.4 is 0 Å². The van der Waals surface area contributed by atoms with Crippen molar-refractivity contribution in [2.45, 2.75) is 0 Å².